The highest BCUT2D eigenvalue weighted by molar-refractivity contribution is 5.92. The summed E-state index contributed by atoms with van der Waals surface area (Å²) in [6.07, 6.45) is 5.38. The van der Waals surface area contributed by atoms with E-state index in [0.29, 0.717) is 19.4 Å². The lowest BCUT2D eigenvalue weighted by atomic mass is 10.0. The molecule has 1 heterocycles. The number of aryl methyl sites for hydroxylation is 2. The molecule has 1 atom stereocenters. The van der Waals surface area contributed by atoms with Gasteiger partial charge in [-0.1, -0.05) is 24.3 Å². The number of furan rings is 1. The van der Waals surface area contributed by atoms with Gasteiger partial charge in [-0.2, -0.15) is 0 Å². The molecule has 0 bridgehead atoms. The SMILES string of the molecule is CNc1ccc(/C=C/C(=O)N(C)Cc2oc3ccccc3c2C)cc1CCC(N)C=O. The molecule has 6 heteroatoms. The van der Waals surface area contributed by atoms with Gasteiger partial charge >= 0.3 is 0 Å². The van der Waals surface area contributed by atoms with Crippen molar-refractivity contribution in [3.63, 3.8) is 0 Å². The van der Waals surface area contributed by atoms with E-state index in [1.54, 1.807) is 24.1 Å². The standard InChI is InChI=1S/C25H29N3O3/c1-17-21-6-4-5-7-23(21)31-24(17)15-28(3)25(30)13-9-18-8-12-22(27-2)19(14-18)10-11-20(26)16-29/h4-9,12-14,16,20,27H,10-11,15,26H2,1-3H3/b13-9+. The van der Waals surface area contributed by atoms with Gasteiger partial charge in [0.25, 0.3) is 0 Å². The number of carbonyl (C=O) groups excluding carboxylic acids is 2. The van der Waals surface area contributed by atoms with Gasteiger partial charge in [-0.3, -0.25) is 4.79 Å². The van der Waals surface area contributed by atoms with E-state index in [1.807, 2.05) is 56.4 Å². The lowest BCUT2D eigenvalue weighted by Crippen LogP contribution is -2.24. The second-order valence-corrected chi connectivity index (χ2v) is 7.68. The van der Waals surface area contributed by atoms with E-state index in [1.165, 1.54) is 0 Å². The number of aldehydes is 1. The molecule has 0 aliphatic carbocycles. The van der Waals surface area contributed by atoms with Gasteiger partial charge in [-0.25, -0.2) is 0 Å². The molecule has 0 spiro atoms. The third-order valence-corrected chi connectivity index (χ3v) is 5.44. The number of fused-ring (bicyclic) bond motifs is 1. The van der Waals surface area contributed by atoms with E-state index < -0.39 is 6.04 Å². The number of hydrogen-bond acceptors (Lipinski definition) is 5. The van der Waals surface area contributed by atoms with Crippen LogP contribution in [-0.2, 0) is 22.6 Å². The first-order valence-electron chi connectivity index (χ1n) is 10.3. The van der Waals surface area contributed by atoms with Crippen molar-refractivity contribution in [1.29, 1.82) is 0 Å². The van der Waals surface area contributed by atoms with Crippen LogP contribution in [0.2, 0.25) is 0 Å². The fraction of sp³-hybridized carbons (Fsp3) is 0.280. The number of rotatable bonds is 9. The molecule has 0 aliphatic rings. The van der Waals surface area contributed by atoms with E-state index in [4.69, 9.17) is 10.2 Å². The van der Waals surface area contributed by atoms with Crippen molar-refractivity contribution in [1.82, 2.24) is 4.90 Å². The first-order chi connectivity index (χ1) is 14.9. The summed E-state index contributed by atoms with van der Waals surface area (Å²) < 4.78 is 5.92. The van der Waals surface area contributed by atoms with Gasteiger partial charge in [0.1, 0.15) is 17.6 Å². The number of nitrogens with zero attached hydrogens (tertiary/aromatic N) is 1. The molecule has 3 aromatic rings. The van der Waals surface area contributed by atoms with E-state index in [-0.39, 0.29) is 5.91 Å². The van der Waals surface area contributed by atoms with Crippen LogP contribution >= 0.6 is 0 Å². The molecule has 6 nitrogen and oxygen atoms in total. The molecule has 0 radical (unpaired) electrons. The molecule has 0 saturated heterocycles. The van der Waals surface area contributed by atoms with Crippen LogP contribution in [0.15, 0.2) is 53.0 Å². The van der Waals surface area contributed by atoms with Crippen molar-refractivity contribution in [2.75, 3.05) is 19.4 Å². The number of hydrogen-bond donors (Lipinski definition) is 2. The lowest BCUT2D eigenvalue weighted by molar-refractivity contribution is -0.125. The van der Waals surface area contributed by atoms with Crippen molar-refractivity contribution in [3.8, 4) is 0 Å². The Hall–Kier alpha value is -3.38. The monoisotopic (exact) mass is 419 g/mol. The minimum Gasteiger partial charge on any atom is -0.459 e. The average molecular weight is 420 g/mol. The van der Waals surface area contributed by atoms with Gasteiger partial charge in [-0.05, 0) is 55.2 Å². The Labute approximate surface area is 182 Å². The normalized spacial score (nSPS) is 12.3. The minimum absolute atomic E-state index is 0.109. The molecule has 31 heavy (non-hydrogen) atoms. The van der Waals surface area contributed by atoms with Crippen LogP contribution in [0.5, 0.6) is 0 Å². The predicted molar refractivity (Wildman–Crippen MR) is 125 cm³/mol. The summed E-state index contributed by atoms with van der Waals surface area (Å²) in [5.41, 5.74) is 10.6. The maximum atomic E-state index is 12.6. The van der Waals surface area contributed by atoms with E-state index >= 15 is 0 Å². The molecular formula is C25H29N3O3. The molecule has 1 amide bonds. The average Bonchev–Trinajstić information content (AvgIpc) is 3.10. The molecule has 162 valence electrons. The van der Waals surface area contributed by atoms with Crippen LogP contribution in [-0.4, -0.2) is 37.2 Å². The number of amides is 1. The molecule has 3 N–H and O–H groups in total. The molecule has 0 aliphatic heterocycles. The molecule has 2 aromatic carbocycles. The Morgan fingerprint density at radius 2 is 2.03 bits per heavy atom. The van der Waals surface area contributed by atoms with Crippen LogP contribution < -0.4 is 11.1 Å². The number of anilines is 1. The third-order valence-electron chi connectivity index (χ3n) is 5.44. The maximum absolute atomic E-state index is 12.6. The van der Waals surface area contributed by atoms with E-state index in [9.17, 15) is 9.59 Å². The van der Waals surface area contributed by atoms with Gasteiger partial charge in [-0.15, -0.1) is 0 Å². The van der Waals surface area contributed by atoms with Gasteiger partial charge < -0.3 is 25.2 Å². The van der Waals surface area contributed by atoms with Gasteiger partial charge in [0.15, 0.2) is 0 Å². The fourth-order valence-electron chi connectivity index (χ4n) is 3.52. The van der Waals surface area contributed by atoms with Crippen LogP contribution in [0.1, 0.15) is 28.9 Å². The lowest BCUT2D eigenvalue weighted by Gasteiger charge is -2.14. The van der Waals surface area contributed by atoms with Gasteiger partial charge in [0, 0.05) is 36.8 Å². The summed E-state index contributed by atoms with van der Waals surface area (Å²) in [5, 5.41) is 4.22. The third kappa shape index (κ3) is 5.41. The second-order valence-electron chi connectivity index (χ2n) is 7.68. The summed E-state index contributed by atoms with van der Waals surface area (Å²) in [5.74, 6) is 0.680. The van der Waals surface area contributed by atoms with Crippen molar-refractivity contribution in [2.24, 2.45) is 5.73 Å². The Bertz CT molecular complexity index is 1100. The molecule has 0 fully saturated rings. The number of para-hydroxylation sites is 1. The zero-order valence-electron chi connectivity index (χ0n) is 18.2. The number of nitrogens with two attached hydrogens (primary N) is 1. The Morgan fingerprint density at radius 1 is 1.26 bits per heavy atom. The molecule has 3 rings (SSSR count). The van der Waals surface area contributed by atoms with Gasteiger partial charge in [0.2, 0.25) is 5.91 Å². The van der Waals surface area contributed by atoms with Crippen molar-refractivity contribution >= 4 is 34.9 Å². The number of nitrogens with one attached hydrogen (secondary N) is 1. The Kier molecular flexibility index (Phi) is 7.26. The summed E-state index contributed by atoms with van der Waals surface area (Å²) in [6.45, 7) is 2.41. The van der Waals surface area contributed by atoms with Crippen molar-refractivity contribution in [3.05, 3.63) is 71.0 Å². The van der Waals surface area contributed by atoms with Crippen LogP contribution in [0.4, 0.5) is 5.69 Å². The first kappa shape index (κ1) is 22.3. The molecule has 0 saturated carbocycles. The maximum Gasteiger partial charge on any atom is 0.246 e. The zero-order chi connectivity index (χ0) is 22.4. The van der Waals surface area contributed by atoms with Crippen molar-refractivity contribution in [2.45, 2.75) is 32.4 Å². The topological polar surface area (TPSA) is 88.6 Å². The fourth-order valence-corrected chi connectivity index (χ4v) is 3.52. The molecule has 1 aromatic heterocycles. The van der Waals surface area contributed by atoms with Gasteiger partial charge in [0.05, 0.1) is 12.6 Å². The smallest absolute Gasteiger partial charge is 0.246 e. The summed E-state index contributed by atoms with van der Waals surface area (Å²) in [4.78, 5) is 25.1. The minimum atomic E-state index is -0.471. The summed E-state index contributed by atoms with van der Waals surface area (Å²) >= 11 is 0. The first-order valence-corrected chi connectivity index (χ1v) is 10.3. The van der Waals surface area contributed by atoms with E-state index in [0.717, 1.165) is 45.4 Å². The predicted octanol–water partition coefficient (Wildman–Crippen LogP) is 3.91. The number of likely N-dealkylation sites (N-methyl/N-ethyl adjacent to an activating group) is 1. The van der Waals surface area contributed by atoms with Crippen LogP contribution in [0.25, 0.3) is 17.0 Å². The van der Waals surface area contributed by atoms with Crippen molar-refractivity contribution < 1.29 is 14.0 Å². The van der Waals surface area contributed by atoms with Crippen LogP contribution in [0.3, 0.4) is 0 Å². The highest BCUT2D eigenvalue weighted by Gasteiger charge is 2.14. The van der Waals surface area contributed by atoms with Crippen LogP contribution in [0, 0.1) is 6.92 Å². The summed E-state index contributed by atoms with van der Waals surface area (Å²) in [6, 6.07) is 13.3. The summed E-state index contributed by atoms with van der Waals surface area (Å²) in [7, 11) is 3.61. The van der Waals surface area contributed by atoms with E-state index in [2.05, 4.69) is 5.32 Å². The Balaban J connectivity index is 1.69. The largest absolute Gasteiger partial charge is 0.459 e. The number of carbonyl (C=O) groups is 2. The number of benzene rings is 2. The molecular weight excluding hydrogens is 390 g/mol. The highest BCUT2D eigenvalue weighted by atomic mass is 16.3. The zero-order valence-corrected chi connectivity index (χ0v) is 18.2. The highest BCUT2D eigenvalue weighted by Crippen LogP contribution is 2.26. The second kappa shape index (κ2) is 10.1. The quantitative estimate of drug-likeness (QED) is 0.405. The Morgan fingerprint density at radius 3 is 2.74 bits per heavy atom. The molecule has 1 unspecified atom stereocenters.